The van der Waals surface area contributed by atoms with Gasteiger partial charge in [0, 0.05) is 18.7 Å². The lowest BCUT2D eigenvalue weighted by Crippen LogP contribution is -2.33. The molecule has 0 radical (unpaired) electrons. The van der Waals surface area contributed by atoms with Gasteiger partial charge in [-0.25, -0.2) is 4.79 Å². The number of ether oxygens (including phenoxy) is 1. The van der Waals surface area contributed by atoms with Crippen LogP contribution in [0.1, 0.15) is 6.92 Å². The summed E-state index contributed by atoms with van der Waals surface area (Å²) in [6.07, 6.45) is -0.390. The van der Waals surface area contributed by atoms with Gasteiger partial charge in [-0.2, -0.15) is 0 Å². The fraction of sp³-hybridized carbons (Fsp3) is 0.571. The molecular formula is C7H15ClN2O2. The lowest BCUT2D eigenvalue weighted by Gasteiger charge is -2.12. The molecule has 0 fully saturated rings. The lowest BCUT2D eigenvalue weighted by molar-refractivity contribution is -0.143. The van der Waals surface area contributed by atoms with Crippen molar-refractivity contribution in [3.8, 4) is 0 Å². The Hall–Kier alpha value is -0.580. The lowest BCUT2D eigenvalue weighted by atomic mass is 10.3. The summed E-state index contributed by atoms with van der Waals surface area (Å²) >= 11 is 0. The minimum atomic E-state index is -0.439. The Morgan fingerprint density at radius 2 is 1.92 bits per heavy atom. The second-order valence-corrected chi connectivity index (χ2v) is 2.28. The van der Waals surface area contributed by atoms with Crippen LogP contribution in [0.4, 0.5) is 0 Å². The quantitative estimate of drug-likeness (QED) is 0.481. The van der Waals surface area contributed by atoms with Gasteiger partial charge in [-0.05, 0) is 6.92 Å². The highest BCUT2D eigenvalue weighted by molar-refractivity contribution is 5.87. The van der Waals surface area contributed by atoms with Crippen molar-refractivity contribution < 1.29 is 9.53 Å². The van der Waals surface area contributed by atoms with E-state index in [2.05, 4.69) is 6.58 Å². The van der Waals surface area contributed by atoms with Crippen molar-refractivity contribution in [2.24, 2.45) is 11.5 Å². The first-order valence-corrected chi connectivity index (χ1v) is 3.38. The van der Waals surface area contributed by atoms with E-state index in [9.17, 15) is 4.79 Å². The number of carbonyl (C=O) groups excluding carboxylic acids is 1. The summed E-state index contributed by atoms with van der Waals surface area (Å²) in [7, 11) is 0. The number of hydrogen-bond acceptors (Lipinski definition) is 4. The summed E-state index contributed by atoms with van der Waals surface area (Å²) in [5.74, 6) is -0.439. The first-order valence-electron chi connectivity index (χ1n) is 3.38. The predicted molar refractivity (Wildman–Crippen MR) is 50.1 cm³/mol. The maximum atomic E-state index is 10.8. The van der Waals surface area contributed by atoms with Crippen LogP contribution in [0, 0.1) is 0 Å². The zero-order valence-electron chi connectivity index (χ0n) is 7.08. The highest BCUT2D eigenvalue weighted by Crippen LogP contribution is 1.95. The van der Waals surface area contributed by atoms with Gasteiger partial charge < -0.3 is 16.2 Å². The summed E-state index contributed by atoms with van der Waals surface area (Å²) in [5.41, 5.74) is 10.8. The molecule has 0 aliphatic carbocycles. The molecule has 0 aromatic rings. The van der Waals surface area contributed by atoms with E-state index in [1.807, 2.05) is 0 Å². The second kappa shape index (κ2) is 7.09. The fourth-order valence-electron chi connectivity index (χ4n) is 0.444. The van der Waals surface area contributed by atoms with Crippen LogP contribution in [-0.2, 0) is 9.53 Å². The van der Waals surface area contributed by atoms with Crippen LogP contribution in [-0.4, -0.2) is 25.2 Å². The summed E-state index contributed by atoms with van der Waals surface area (Å²) < 4.78 is 4.82. The third-order valence-electron chi connectivity index (χ3n) is 1.15. The molecule has 12 heavy (non-hydrogen) atoms. The minimum absolute atomic E-state index is 0. The molecule has 0 aromatic carbocycles. The van der Waals surface area contributed by atoms with E-state index in [0.717, 1.165) is 0 Å². The van der Waals surface area contributed by atoms with Crippen molar-refractivity contribution in [1.29, 1.82) is 0 Å². The predicted octanol–water partition coefficient (Wildman–Crippen LogP) is -0.187. The molecule has 72 valence electrons. The smallest absolute Gasteiger partial charge is 0.333 e. The molecule has 0 unspecified atom stereocenters. The average molecular weight is 195 g/mol. The topological polar surface area (TPSA) is 78.3 Å². The highest BCUT2D eigenvalue weighted by Gasteiger charge is 2.10. The first-order chi connectivity index (χ1) is 5.11. The van der Waals surface area contributed by atoms with E-state index in [0.29, 0.717) is 5.57 Å². The fourth-order valence-corrected chi connectivity index (χ4v) is 0.444. The van der Waals surface area contributed by atoms with Gasteiger partial charge >= 0.3 is 5.97 Å². The maximum absolute atomic E-state index is 10.8. The number of rotatable bonds is 4. The first kappa shape index (κ1) is 14.0. The number of carbonyl (C=O) groups is 1. The molecule has 0 atom stereocenters. The number of hydrogen-bond donors (Lipinski definition) is 2. The molecule has 0 heterocycles. The van der Waals surface area contributed by atoms with Crippen molar-refractivity contribution in [2.45, 2.75) is 13.0 Å². The molecule has 5 heteroatoms. The van der Waals surface area contributed by atoms with Gasteiger partial charge in [0.25, 0.3) is 0 Å². The van der Waals surface area contributed by atoms with Crippen LogP contribution in [0.5, 0.6) is 0 Å². The van der Waals surface area contributed by atoms with Crippen molar-refractivity contribution in [3.05, 3.63) is 12.2 Å². The molecule has 4 nitrogen and oxygen atoms in total. The van der Waals surface area contributed by atoms with Crippen LogP contribution < -0.4 is 11.5 Å². The van der Waals surface area contributed by atoms with Crippen LogP contribution >= 0.6 is 12.4 Å². The summed E-state index contributed by atoms with van der Waals surface area (Å²) in [6.45, 7) is 5.49. The third kappa shape index (κ3) is 5.12. The molecule has 0 rings (SSSR count). The monoisotopic (exact) mass is 194 g/mol. The van der Waals surface area contributed by atoms with Crippen molar-refractivity contribution in [2.75, 3.05) is 13.1 Å². The molecule has 0 aromatic heterocycles. The largest absolute Gasteiger partial charge is 0.456 e. The molecule has 4 N–H and O–H groups in total. The van der Waals surface area contributed by atoms with Gasteiger partial charge in [-0.1, -0.05) is 6.58 Å². The van der Waals surface area contributed by atoms with Gasteiger partial charge in [-0.3, -0.25) is 0 Å². The van der Waals surface area contributed by atoms with Gasteiger partial charge in [-0.15, -0.1) is 12.4 Å². The summed E-state index contributed by atoms with van der Waals surface area (Å²) in [6, 6.07) is 0. The van der Waals surface area contributed by atoms with E-state index < -0.39 is 5.97 Å². The van der Waals surface area contributed by atoms with Crippen molar-refractivity contribution in [1.82, 2.24) is 0 Å². The maximum Gasteiger partial charge on any atom is 0.333 e. The summed E-state index contributed by atoms with van der Waals surface area (Å²) in [5, 5.41) is 0. The van der Waals surface area contributed by atoms with Crippen molar-refractivity contribution in [3.63, 3.8) is 0 Å². The molecule has 0 aliphatic rings. The Labute approximate surface area is 78.3 Å². The van der Waals surface area contributed by atoms with Crippen LogP contribution in [0.25, 0.3) is 0 Å². The van der Waals surface area contributed by atoms with E-state index in [-0.39, 0.29) is 31.6 Å². The second-order valence-electron chi connectivity index (χ2n) is 2.28. The Morgan fingerprint density at radius 1 is 1.50 bits per heavy atom. The third-order valence-corrected chi connectivity index (χ3v) is 1.15. The van der Waals surface area contributed by atoms with Crippen LogP contribution in [0.3, 0.4) is 0 Å². The van der Waals surface area contributed by atoms with E-state index in [1.165, 1.54) is 0 Å². The zero-order valence-corrected chi connectivity index (χ0v) is 7.89. The minimum Gasteiger partial charge on any atom is -0.456 e. The molecular weight excluding hydrogens is 180 g/mol. The average Bonchev–Trinajstić information content (AvgIpc) is 1.99. The Kier molecular flexibility index (Phi) is 8.26. The van der Waals surface area contributed by atoms with E-state index in [1.54, 1.807) is 6.92 Å². The Morgan fingerprint density at radius 3 is 2.17 bits per heavy atom. The molecule has 0 saturated heterocycles. The van der Waals surface area contributed by atoms with Crippen molar-refractivity contribution >= 4 is 18.4 Å². The number of halogens is 1. The van der Waals surface area contributed by atoms with Gasteiger partial charge in [0.1, 0.15) is 6.10 Å². The van der Waals surface area contributed by atoms with E-state index >= 15 is 0 Å². The highest BCUT2D eigenvalue weighted by atomic mass is 35.5. The van der Waals surface area contributed by atoms with Crippen LogP contribution in [0.2, 0.25) is 0 Å². The molecule has 0 spiro atoms. The van der Waals surface area contributed by atoms with E-state index in [4.69, 9.17) is 16.2 Å². The molecule has 0 aliphatic heterocycles. The Bertz CT molecular complexity index is 157. The molecule has 0 saturated carbocycles. The Balaban J connectivity index is 0. The van der Waals surface area contributed by atoms with Gasteiger partial charge in [0.15, 0.2) is 0 Å². The van der Waals surface area contributed by atoms with Gasteiger partial charge in [0.05, 0.1) is 0 Å². The summed E-state index contributed by atoms with van der Waals surface area (Å²) in [4.78, 5) is 10.8. The SMILES string of the molecule is C=C(C)C(=O)OC(CN)CN.Cl. The van der Waals surface area contributed by atoms with Crippen LogP contribution in [0.15, 0.2) is 12.2 Å². The normalized spacial score (nSPS) is 9.00. The standard InChI is InChI=1S/C7H14N2O2.ClH/c1-5(2)7(10)11-6(3-8)4-9;/h6H,1,3-4,8-9H2,2H3;1H. The number of nitrogens with two attached hydrogens (primary N) is 2. The van der Waals surface area contributed by atoms with Gasteiger partial charge in [0.2, 0.25) is 0 Å². The molecule has 0 bridgehead atoms. The molecule has 0 amide bonds. The number of esters is 1. The zero-order chi connectivity index (χ0) is 8.85.